The number of hydrogen-bond donors (Lipinski definition) is 1. The van der Waals surface area contributed by atoms with Gasteiger partial charge >= 0.3 is 0 Å². The molecule has 0 radical (unpaired) electrons. The lowest BCUT2D eigenvalue weighted by molar-refractivity contribution is 0.0320. The molecule has 0 saturated carbocycles. The highest BCUT2D eigenvalue weighted by molar-refractivity contribution is 5.43. The minimum absolute atomic E-state index is 0.210. The van der Waals surface area contributed by atoms with E-state index < -0.39 is 0 Å². The van der Waals surface area contributed by atoms with Crippen molar-refractivity contribution in [2.45, 2.75) is 13.0 Å². The predicted molar refractivity (Wildman–Crippen MR) is 121 cm³/mol. The van der Waals surface area contributed by atoms with Crippen LogP contribution in [0.1, 0.15) is 17.1 Å². The van der Waals surface area contributed by atoms with Crippen molar-refractivity contribution < 1.29 is 18.9 Å². The van der Waals surface area contributed by atoms with E-state index in [-0.39, 0.29) is 5.95 Å². The molecular formula is C22H29N7O4. The third-order valence-corrected chi connectivity index (χ3v) is 5.35. The molecule has 11 nitrogen and oxygen atoms in total. The predicted octanol–water partition coefficient (Wildman–Crippen LogP) is 1.02. The van der Waals surface area contributed by atoms with Crippen LogP contribution in [-0.2, 0) is 17.7 Å². The topological polar surface area (TPSA) is 123 Å². The third-order valence-electron chi connectivity index (χ3n) is 5.35. The minimum atomic E-state index is 0.210. The molecule has 3 heterocycles. The number of nitrogens with two attached hydrogens (primary N) is 1. The summed E-state index contributed by atoms with van der Waals surface area (Å²) in [5.41, 5.74) is 7.65. The lowest BCUT2D eigenvalue weighted by Gasteiger charge is -2.26. The Balaban J connectivity index is 1.41. The van der Waals surface area contributed by atoms with Gasteiger partial charge in [-0.2, -0.15) is 4.98 Å². The highest BCUT2D eigenvalue weighted by atomic mass is 16.5. The number of aromatic nitrogens is 5. The maximum atomic E-state index is 5.90. The van der Waals surface area contributed by atoms with Crippen LogP contribution in [0.3, 0.4) is 0 Å². The first-order valence-corrected chi connectivity index (χ1v) is 10.8. The van der Waals surface area contributed by atoms with Crippen LogP contribution in [0, 0.1) is 0 Å². The lowest BCUT2D eigenvalue weighted by atomic mass is 10.1. The van der Waals surface area contributed by atoms with E-state index in [9.17, 15) is 0 Å². The lowest BCUT2D eigenvalue weighted by Crippen LogP contribution is -2.38. The number of anilines is 1. The van der Waals surface area contributed by atoms with Crippen molar-refractivity contribution in [2.24, 2.45) is 0 Å². The third kappa shape index (κ3) is 6.08. The van der Waals surface area contributed by atoms with Crippen LogP contribution in [0.5, 0.6) is 17.4 Å². The van der Waals surface area contributed by atoms with Gasteiger partial charge < -0.3 is 24.7 Å². The molecule has 0 atom stereocenters. The first-order chi connectivity index (χ1) is 16.1. The maximum Gasteiger partial charge on any atom is 0.239 e. The van der Waals surface area contributed by atoms with Gasteiger partial charge in [-0.1, -0.05) is 6.07 Å². The fourth-order valence-corrected chi connectivity index (χ4v) is 3.62. The molecule has 0 amide bonds. The molecule has 0 bridgehead atoms. The van der Waals surface area contributed by atoms with Gasteiger partial charge in [0.05, 0.1) is 39.7 Å². The highest BCUT2D eigenvalue weighted by Gasteiger charge is 2.14. The maximum absolute atomic E-state index is 5.90. The molecule has 1 saturated heterocycles. The molecule has 0 aliphatic carbocycles. The Bertz CT molecular complexity index is 1050. The van der Waals surface area contributed by atoms with E-state index in [2.05, 4.69) is 25.0 Å². The quantitative estimate of drug-likeness (QED) is 0.474. The monoisotopic (exact) mass is 455 g/mol. The van der Waals surface area contributed by atoms with Gasteiger partial charge in [-0.3, -0.25) is 4.90 Å². The number of nitrogens with zero attached hydrogens (tertiary/aromatic N) is 6. The second-order valence-electron chi connectivity index (χ2n) is 7.56. The van der Waals surface area contributed by atoms with Gasteiger partial charge in [-0.25, -0.2) is 14.6 Å². The van der Waals surface area contributed by atoms with Gasteiger partial charge in [-0.05, 0) is 17.7 Å². The molecule has 2 aromatic heterocycles. The van der Waals surface area contributed by atoms with Gasteiger partial charge in [0, 0.05) is 32.1 Å². The number of nitrogen functional groups attached to an aromatic ring is 1. The van der Waals surface area contributed by atoms with Crippen LogP contribution in [0.4, 0.5) is 5.95 Å². The number of morpholine rings is 1. The number of benzene rings is 1. The van der Waals surface area contributed by atoms with Gasteiger partial charge in [0.25, 0.3) is 0 Å². The van der Waals surface area contributed by atoms with Gasteiger partial charge in [0.2, 0.25) is 11.8 Å². The second-order valence-corrected chi connectivity index (χ2v) is 7.56. The summed E-state index contributed by atoms with van der Waals surface area (Å²) in [6.07, 6.45) is 2.02. The van der Waals surface area contributed by atoms with Crippen molar-refractivity contribution in [1.29, 1.82) is 0 Å². The molecule has 11 heteroatoms. The normalized spacial score (nSPS) is 14.2. The standard InChI is InChI=1S/C22H29N7O4/c1-30-18-4-3-16(11-19(18)31-2)12-20-26-22(23)27-29(20)14-17-13-21(25-15-24-17)33-10-7-28-5-8-32-9-6-28/h3-4,11,13,15H,5-10,12,14H2,1-2H3,(H2,23,27). The Hall–Kier alpha value is -3.44. The van der Waals surface area contributed by atoms with Crippen LogP contribution in [0.15, 0.2) is 30.6 Å². The largest absolute Gasteiger partial charge is 0.493 e. The highest BCUT2D eigenvalue weighted by Crippen LogP contribution is 2.28. The summed E-state index contributed by atoms with van der Waals surface area (Å²) in [7, 11) is 3.22. The van der Waals surface area contributed by atoms with E-state index in [1.165, 1.54) is 6.33 Å². The Morgan fingerprint density at radius 3 is 2.67 bits per heavy atom. The fourth-order valence-electron chi connectivity index (χ4n) is 3.62. The van der Waals surface area contributed by atoms with Crippen molar-refractivity contribution in [2.75, 3.05) is 59.4 Å². The van der Waals surface area contributed by atoms with Crippen molar-refractivity contribution in [3.8, 4) is 17.4 Å². The van der Waals surface area contributed by atoms with E-state index >= 15 is 0 Å². The first kappa shape index (κ1) is 22.7. The number of rotatable bonds is 10. The Morgan fingerprint density at radius 2 is 1.88 bits per heavy atom. The van der Waals surface area contributed by atoms with Crippen molar-refractivity contribution in [3.05, 3.63) is 47.7 Å². The summed E-state index contributed by atoms with van der Waals surface area (Å²) in [4.78, 5) is 15.3. The van der Waals surface area contributed by atoms with Gasteiger partial charge in [0.1, 0.15) is 18.8 Å². The zero-order valence-corrected chi connectivity index (χ0v) is 18.9. The van der Waals surface area contributed by atoms with Crippen molar-refractivity contribution in [3.63, 3.8) is 0 Å². The van der Waals surface area contributed by atoms with Crippen LogP contribution in [0.25, 0.3) is 0 Å². The molecule has 1 aliphatic heterocycles. The van der Waals surface area contributed by atoms with E-state index in [0.29, 0.717) is 42.8 Å². The summed E-state index contributed by atoms with van der Waals surface area (Å²) in [5.74, 6) is 2.78. The van der Waals surface area contributed by atoms with Crippen LogP contribution in [-0.4, -0.2) is 83.3 Å². The molecule has 1 aliphatic rings. The van der Waals surface area contributed by atoms with E-state index in [4.69, 9.17) is 24.7 Å². The molecule has 0 unspecified atom stereocenters. The second kappa shape index (κ2) is 10.9. The van der Waals surface area contributed by atoms with Gasteiger partial charge in [-0.15, -0.1) is 5.10 Å². The molecule has 0 spiro atoms. The molecule has 33 heavy (non-hydrogen) atoms. The smallest absolute Gasteiger partial charge is 0.239 e. The van der Waals surface area contributed by atoms with Crippen LogP contribution < -0.4 is 19.9 Å². The molecule has 3 aromatic rings. The SMILES string of the molecule is COc1ccc(Cc2nc(N)nn2Cc2cc(OCCN3CCOCC3)ncn2)cc1OC. The average Bonchev–Trinajstić information content (AvgIpc) is 3.18. The molecule has 1 fully saturated rings. The summed E-state index contributed by atoms with van der Waals surface area (Å²) in [6, 6.07) is 7.56. The summed E-state index contributed by atoms with van der Waals surface area (Å²) in [5, 5.41) is 4.34. The molecular weight excluding hydrogens is 426 g/mol. The van der Waals surface area contributed by atoms with Crippen LogP contribution in [0.2, 0.25) is 0 Å². The number of methoxy groups -OCH3 is 2. The Labute approximate surface area is 192 Å². The first-order valence-electron chi connectivity index (χ1n) is 10.8. The molecule has 1 aromatic carbocycles. The van der Waals surface area contributed by atoms with E-state index in [0.717, 1.165) is 44.1 Å². The van der Waals surface area contributed by atoms with Crippen molar-refractivity contribution >= 4 is 5.95 Å². The minimum Gasteiger partial charge on any atom is -0.493 e. The molecule has 2 N–H and O–H groups in total. The summed E-state index contributed by atoms with van der Waals surface area (Å²) < 4.78 is 23.7. The van der Waals surface area contributed by atoms with Crippen molar-refractivity contribution in [1.82, 2.24) is 29.6 Å². The zero-order chi connectivity index (χ0) is 23.0. The average molecular weight is 456 g/mol. The Morgan fingerprint density at radius 1 is 1.06 bits per heavy atom. The number of hydrogen-bond acceptors (Lipinski definition) is 10. The van der Waals surface area contributed by atoms with E-state index in [1.807, 2.05) is 24.3 Å². The summed E-state index contributed by atoms with van der Waals surface area (Å²) in [6.45, 7) is 5.17. The summed E-state index contributed by atoms with van der Waals surface area (Å²) >= 11 is 0. The molecule has 4 rings (SSSR count). The van der Waals surface area contributed by atoms with Crippen LogP contribution >= 0.6 is 0 Å². The Kier molecular flexibility index (Phi) is 7.53. The zero-order valence-electron chi connectivity index (χ0n) is 18.9. The molecule has 176 valence electrons. The fraction of sp³-hybridized carbons (Fsp3) is 0.455. The van der Waals surface area contributed by atoms with Gasteiger partial charge in [0.15, 0.2) is 11.5 Å². The number of ether oxygens (including phenoxy) is 4. The van der Waals surface area contributed by atoms with E-state index in [1.54, 1.807) is 18.9 Å².